The lowest BCUT2D eigenvalue weighted by Crippen LogP contribution is -2.56. The Hall–Kier alpha value is -3.94. The van der Waals surface area contributed by atoms with Gasteiger partial charge in [-0.2, -0.15) is 0 Å². The third kappa shape index (κ3) is 3.79. The van der Waals surface area contributed by atoms with Crippen molar-refractivity contribution in [3.05, 3.63) is 77.9 Å². The van der Waals surface area contributed by atoms with Crippen molar-refractivity contribution in [2.75, 3.05) is 13.1 Å². The molecule has 2 aromatic carbocycles. The van der Waals surface area contributed by atoms with Crippen LogP contribution in [-0.2, 0) is 33.9 Å². The van der Waals surface area contributed by atoms with Gasteiger partial charge in [-0.1, -0.05) is 24.3 Å². The zero-order valence-corrected chi connectivity index (χ0v) is 16.7. The van der Waals surface area contributed by atoms with Crippen LogP contribution in [0.5, 0.6) is 11.5 Å². The van der Waals surface area contributed by atoms with Gasteiger partial charge < -0.3 is 14.2 Å². The number of hydrogen-bond donors (Lipinski definition) is 0. The standard InChI is InChI=1S/C23H20N4O4/c28-21-11-18-12-24-15-26(18)14-17-4-2-6-20(10-17)31-19-5-1-3-16(9-19)13-25-7-8-27(21)23(30)22(25)29/h1-6,9-10,12,15H,7-8,11,13-14H2. The molecular formula is C23H20N4O4. The van der Waals surface area contributed by atoms with Crippen molar-refractivity contribution in [2.45, 2.75) is 19.5 Å². The molecule has 31 heavy (non-hydrogen) atoms. The van der Waals surface area contributed by atoms with Crippen LogP contribution in [0, 0.1) is 0 Å². The highest BCUT2D eigenvalue weighted by molar-refractivity contribution is 6.38. The highest BCUT2D eigenvalue weighted by Gasteiger charge is 2.36. The Labute approximate surface area is 178 Å². The Morgan fingerprint density at radius 3 is 2.29 bits per heavy atom. The second kappa shape index (κ2) is 7.71. The van der Waals surface area contributed by atoms with Crippen molar-refractivity contribution in [2.24, 2.45) is 0 Å². The Balaban J connectivity index is 1.55. The monoisotopic (exact) mass is 416 g/mol. The fourth-order valence-electron chi connectivity index (χ4n) is 3.92. The molecule has 0 atom stereocenters. The molecule has 3 aliphatic heterocycles. The van der Waals surface area contributed by atoms with E-state index in [9.17, 15) is 14.4 Å². The van der Waals surface area contributed by atoms with E-state index in [0.717, 1.165) is 16.0 Å². The van der Waals surface area contributed by atoms with E-state index in [4.69, 9.17) is 4.74 Å². The van der Waals surface area contributed by atoms with E-state index in [-0.39, 0.29) is 19.5 Å². The topological polar surface area (TPSA) is 84.7 Å². The van der Waals surface area contributed by atoms with Crippen LogP contribution in [0.1, 0.15) is 16.8 Å². The van der Waals surface area contributed by atoms with Crippen molar-refractivity contribution < 1.29 is 19.1 Å². The highest BCUT2D eigenvalue weighted by atomic mass is 16.5. The lowest BCUT2D eigenvalue weighted by molar-refractivity contribution is -0.161. The zero-order chi connectivity index (χ0) is 21.4. The zero-order valence-electron chi connectivity index (χ0n) is 16.7. The fourth-order valence-corrected chi connectivity index (χ4v) is 3.92. The van der Waals surface area contributed by atoms with Crippen molar-refractivity contribution in [1.82, 2.24) is 19.4 Å². The molecule has 8 nitrogen and oxygen atoms in total. The molecule has 156 valence electrons. The van der Waals surface area contributed by atoms with E-state index >= 15 is 0 Å². The van der Waals surface area contributed by atoms with Gasteiger partial charge in [0.25, 0.3) is 0 Å². The van der Waals surface area contributed by atoms with Gasteiger partial charge >= 0.3 is 11.8 Å². The predicted octanol–water partition coefficient (Wildman–Crippen LogP) is 1.98. The highest BCUT2D eigenvalue weighted by Crippen LogP contribution is 2.25. The molecule has 1 aromatic heterocycles. The summed E-state index contributed by atoms with van der Waals surface area (Å²) < 4.78 is 7.90. The smallest absolute Gasteiger partial charge is 0.318 e. The molecule has 4 heterocycles. The Kier molecular flexibility index (Phi) is 4.74. The van der Waals surface area contributed by atoms with Gasteiger partial charge in [0.15, 0.2) is 0 Å². The molecular weight excluding hydrogens is 396 g/mol. The molecule has 3 amide bonds. The molecule has 0 radical (unpaired) electrons. The first kappa shape index (κ1) is 19.0. The van der Waals surface area contributed by atoms with E-state index in [1.165, 1.54) is 4.90 Å². The van der Waals surface area contributed by atoms with Crippen LogP contribution in [-0.4, -0.2) is 50.2 Å². The first-order chi connectivity index (χ1) is 15.1. The molecule has 0 aliphatic carbocycles. The van der Waals surface area contributed by atoms with Gasteiger partial charge in [-0.05, 0) is 35.4 Å². The molecule has 1 fully saturated rings. The molecule has 3 aromatic rings. The summed E-state index contributed by atoms with van der Waals surface area (Å²) in [6.07, 6.45) is 3.26. The minimum atomic E-state index is -0.786. The Morgan fingerprint density at radius 2 is 1.55 bits per heavy atom. The van der Waals surface area contributed by atoms with Crippen LogP contribution in [0.25, 0.3) is 0 Å². The lowest BCUT2D eigenvalue weighted by atomic mass is 10.1. The molecule has 0 unspecified atom stereocenters. The lowest BCUT2D eigenvalue weighted by Gasteiger charge is -2.32. The summed E-state index contributed by atoms with van der Waals surface area (Å²) in [5.74, 6) is -0.519. The van der Waals surface area contributed by atoms with Crippen molar-refractivity contribution in [1.29, 1.82) is 0 Å². The molecule has 0 spiro atoms. The first-order valence-electron chi connectivity index (χ1n) is 10.1. The maximum absolute atomic E-state index is 12.8. The number of benzene rings is 2. The van der Waals surface area contributed by atoms with E-state index in [1.54, 1.807) is 12.5 Å². The normalized spacial score (nSPS) is 16.7. The summed E-state index contributed by atoms with van der Waals surface area (Å²) in [5.41, 5.74) is 2.51. The molecule has 0 saturated carbocycles. The average Bonchev–Trinajstić information content (AvgIpc) is 3.18. The molecule has 1 saturated heterocycles. The van der Waals surface area contributed by atoms with Crippen LogP contribution in [0.15, 0.2) is 61.1 Å². The van der Waals surface area contributed by atoms with Gasteiger partial charge in [0.1, 0.15) is 11.5 Å². The van der Waals surface area contributed by atoms with Crippen LogP contribution in [0.4, 0.5) is 0 Å². The van der Waals surface area contributed by atoms with Crippen molar-refractivity contribution >= 4 is 17.7 Å². The number of ether oxygens (including phenoxy) is 1. The summed E-state index contributed by atoms with van der Waals surface area (Å²) in [5, 5.41) is 0. The van der Waals surface area contributed by atoms with Gasteiger partial charge in [-0.25, -0.2) is 4.98 Å². The van der Waals surface area contributed by atoms with E-state index in [2.05, 4.69) is 4.98 Å². The van der Waals surface area contributed by atoms with Crippen molar-refractivity contribution in [3.63, 3.8) is 0 Å². The quantitative estimate of drug-likeness (QED) is 0.413. The van der Waals surface area contributed by atoms with Crippen LogP contribution >= 0.6 is 0 Å². The van der Waals surface area contributed by atoms with Crippen LogP contribution in [0.3, 0.4) is 0 Å². The Morgan fingerprint density at radius 1 is 0.839 bits per heavy atom. The van der Waals surface area contributed by atoms with E-state index < -0.39 is 17.7 Å². The summed E-state index contributed by atoms with van der Waals surface area (Å²) >= 11 is 0. The Bertz CT molecular complexity index is 1190. The largest absolute Gasteiger partial charge is 0.457 e. The summed E-state index contributed by atoms with van der Waals surface area (Å²) in [4.78, 5) is 44.8. The van der Waals surface area contributed by atoms with Gasteiger partial charge in [0.2, 0.25) is 5.91 Å². The summed E-state index contributed by atoms with van der Waals surface area (Å²) in [6.45, 7) is 1.24. The van der Waals surface area contributed by atoms with Crippen molar-refractivity contribution in [3.8, 4) is 11.5 Å². The second-order valence-corrected chi connectivity index (χ2v) is 7.66. The predicted molar refractivity (Wildman–Crippen MR) is 110 cm³/mol. The second-order valence-electron chi connectivity index (χ2n) is 7.66. The number of fused-ring (bicyclic) bond motifs is 3. The summed E-state index contributed by atoms with van der Waals surface area (Å²) in [7, 11) is 0. The van der Waals surface area contributed by atoms with Gasteiger partial charge in [-0.15, -0.1) is 0 Å². The average molecular weight is 416 g/mol. The number of piperazine rings is 1. The van der Waals surface area contributed by atoms with E-state index in [0.29, 0.717) is 30.3 Å². The van der Waals surface area contributed by atoms with Gasteiger partial charge in [0.05, 0.1) is 12.7 Å². The minimum Gasteiger partial charge on any atom is -0.457 e. The fraction of sp³-hybridized carbons (Fsp3) is 0.217. The van der Waals surface area contributed by atoms with Crippen LogP contribution in [0.2, 0.25) is 0 Å². The molecule has 6 rings (SSSR count). The number of amides is 3. The maximum atomic E-state index is 12.8. The van der Waals surface area contributed by atoms with Gasteiger partial charge in [0, 0.05) is 38.1 Å². The number of nitrogens with zero attached hydrogens (tertiary/aromatic N) is 4. The SMILES string of the molecule is O=C1C(=O)N2CCN1Cc1cccc(c1)Oc1cccc(c1)Cn1cncc1CC2=O. The number of imidazole rings is 1. The number of imide groups is 1. The van der Waals surface area contributed by atoms with Gasteiger partial charge in [-0.3, -0.25) is 19.3 Å². The molecule has 3 aliphatic rings. The minimum absolute atomic E-state index is 0.00398. The van der Waals surface area contributed by atoms with Crippen LogP contribution < -0.4 is 4.74 Å². The van der Waals surface area contributed by atoms with E-state index in [1.807, 2.05) is 53.1 Å². The number of aromatic nitrogens is 2. The molecule has 6 bridgehead atoms. The number of hydrogen-bond acceptors (Lipinski definition) is 5. The third-order valence-corrected chi connectivity index (χ3v) is 5.50. The third-order valence-electron chi connectivity index (χ3n) is 5.50. The summed E-state index contributed by atoms with van der Waals surface area (Å²) in [6, 6.07) is 15.2. The first-order valence-corrected chi connectivity index (χ1v) is 10.1. The maximum Gasteiger partial charge on any atom is 0.318 e. The number of carbonyl (C=O) groups excluding carboxylic acids is 3. The molecule has 0 N–H and O–H groups in total. The number of rotatable bonds is 0. The molecule has 8 heteroatoms. The number of carbonyl (C=O) groups is 3.